The van der Waals surface area contributed by atoms with Gasteiger partial charge in [0.25, 0.3) is 0 Å². The third-order valence-electron chi connectivity index (χ3n) is 1.54. The second kappa shape index (κ2) is 3.44. The maximum atomic E-state index is 5.53. The van der Waals surface area contributed by atoms with E-state index in [2.05, 4.69) is 18.5 Å². The van der Waals surface area contributed by atoms with Gasteiger partial charge in [-0.15, -0.1) is 0 Å². The van der Waals surface area contributed by atoms with Crippen molar-refractivity contribution in [1.82, 2.24) is 5.32 Å². The molecule has 5 N–H and O–H groups in total. The van der Waals surface area contributed by atoms with Crippen molar-refractivity contribution in [3.05, 3.63) is 24.6 Å². The predicted octanol–water partition coefficient (Wildman–Crippen LogP) is 0.299. The van der Waals surface area contributed by atoms with Crippen molar-refractivity contribution in [3.8, 4) is 0 Å². The van der Waals surface area contributed by atoms with Gasteiger partial charge in [-0.05, 0) is 13.8 Å². The first-order chi connectivity index (χ1) is 4.90. The average Bonchev–Trinajstić information content (AvgIpc) is 1.86. The van der Waals surface area contributed by atoms with Crippen LogP contribution in [0.15, 0.2) is 24.6 Å². The van der Waals surface area contributed by atoms with Crippen LogP contribution in [0.4, 0.5) is 0 Å². The number of rotatable bonds is 4. The Morgan fingerprint density at radius 1 is 1.45 bits per heavy atom. The Morgan fingerprint density at radius 2 is 1.91 bits per heavy atom. The predicted molar refractivity (Wildman–Crippen MR) is 48.7 cm³/mol. The van der Waals surface area contributed by atoms with E-state index in [-0.39, 0.29) is 5.54 Å². The fourth-order valence-electron chi connectivity index (χ4n) is 0.573. The first kappa shape index (κ1) is 10.0. The Balaban J connectivity index is 4.12. The van der Waals surface area contributed by atoms with Crippen molar-refractivity contribution in [2.24, 2.45) is 11.5 Å². The van der Waals surface area contributed by atoms with Gasteiger partial charge in [0, 0.05) is 17.9 Å². The van der Waals surface area contributed by atoms with Crippen LogP contribution in [0.5, 0.6) is 0 Å². The van der Waals surface area contributed by atoms with Gasteiger partial charge in [-0.2, -0.15) is 0 Å². The minimum atomic E-state index is -0.323. The van der Waals surface area contributed by atoms with Crippen LogP contribution in [0, 0.1) is 0 Å². The first-order valence-electron chi connectivity index (χ1n) is 3.51. The van der Waals surface area contributed by atoms with Gasteiger partial charge in [0.1, 0.15) is 0 Å². The van der Waals surface area contributed by atoms with E-state index in [1.807, 2.05) is 13.8 Å². The Labute approximate surface area is 68.1 Å². The molecule has 0 spiro atoms. The normalized spacial score (nSPS) is 10.8. The van der Waals surface area contributed by atoms with Crippen LogP contribution in [-0.2, 0) is 0 Å². The minimum absolute atomic E-state index is 0.323. The SMILES string of the molecule is C=C(CN)NC(C)(C)C(=C)N. The summed E-state index contributed by atoms with van der Waals surface area (Å²) in [5.41, 5.74) is 11.9. The summed E-state index contributed by atoms with van der Waals surface area (Å²) in [5.74, 6) is 0. The number of hydrogen-bond acceptors (Lipinski definition) is 3. The quantitative estimate of drug-likeness (QED) is 0.547. The lowest BCUT2D eigenvalue weighted by atomic mass is 10.0. The largest absolute Gasteiger partial charge is 0.401 e. The highest BCUT2D eigenvalue weighted by Crippen LogP contribution is 2.09. The molecule has 11 heavy (non-hydrogen) atoms. The van der Waals surface area contributed by atoms with Gasteiger partial charge in [0.05, 0.1) is 5.54 Å². The van der Waals surface area contributed by atoms with Crippen LogP contribution in [0.3, 0.4) is 0 Å². The summed E-state index contributed by atoms with van der Waals surface area (Å²) in [6, 6.07) is 0. The third-order valence-corrected chi connectivity index (χ3v) is 1.54. The summed E-state index contributed by atoms with van der Waals surface area (Å²) >= 11 is 0. The number of hydrogen-bond donors (Lipinski definition) is 3. The van der Waals surface area contributed by atoms with Crippen molar-refractivity contribution < 1.29 is 0 Å². The molecule has 0 fully saturated rings. The molecule has 0 aromatic rings. The molecule has 0 atom stereocenters. The standard InChI is InChI=1S/C8H17N3/c1-6(5-9)11-8(3,4)7(2)10/h11H,1-2,5,9-10H2,3-4H3. The summed E-state index contributed by atoms with van der Waals surface area (Å²) in [6.07, 6.45) is 0. The second-order valence-electron chi connectivity index (χ2n) is 3.08. The van der Waals surface area contributed by atoms with Crippen LogP contribution < -0.4 is 16.8 Å². The Kier molecular flexibility index (Phi) is 3.14. The average molecular weight is 155 g/mol. The number of nitrogens with two attached hydrogens (primary N) is 2. The molecule has 0 aliphatic carbocycles. The van der Waals surface area contributed by atoms with E-state index < -0.39 is 0 Å². The second-order valence-corrected chi connectivity index (χ2v) is 3.08. The van der Waals surface area contributed by atoms with E-state index in [0.717, 1.165) is 5.70 Å². The van der Waals surface area contributed by atoms with E-state index >= 15 is 0 Å². The van der Waals surface area contributed by atoms with Gasteiger partial charge >= 0.3 is 0 Å². The lowest BCUT2D eigenvalue weighted by molar-refractivity contribution is 0.494. The maximum absolute atomic E-state index is 5.53. The topological polar surface area (TPSA) is 64.1 Å². The lowest BCUT2D eigenvalue weighted by Crippen LogP contribution is -2.44. The molecule has 0 aliphatic heterocycles. The molecule has 0 rings (SSSR count). The fraction of sp³-hybridized carbons (Fsp3) is 0.500. The Morgan fingerprint density at radius 3 is 2.18 bits per heavy atom. The van der Waals surface area contributed by atoms with Crippen LogP contribution in [0.1, 0.15) is 13.8 Å². The zero-order valence-corrected chi connectivity index (χ0v) is 7.28. The first-order valence-corrected chi connectivity index (χ1v) is 3.51. The summed E-state index contributed by atoms with van der Waals surface area (Å²) in [5, 5.41) is 3.06. The molecule has 0 bridgehead atoms. The summed E-state index contributed by atoms with van der Waals surface area (Å²) in [6.45, 7) is 11.6. The highest BCUT2D eigenvalue weighted by molar-refractivity contribution is 5.13. The highest BCUT2D eigenvalue weighted by Gasteiger charge is 2.18. The van der Waals surface area contributed by atoms with Crippen LogP contribution in [0.2, 0.25) is 0 Å². The molecule has 0 aromatic heterocycles. The Bertz CT molecular complexity index is 170. The molecule has 0 aromatic carbocycles. The summed E-state index contributed by atoms with van der Waals surface area (Å²) in [7, 11) is 0. The molecular weight excluding hydrogens is 138 g/mol. The summed E-state index contributed by atoms with van der Waals surface area (Å²) in [4.78, 5) is 0. The minimum Gasteiger partial charge on any atom is -0.401 e. The lowest BCUT2D eigenvalue weighted by Gasteiger charge is -2.28. The zero-order chi connectivity index (χ0) is 9.07. The third kappa shape index (κ3) is 3.09. The molecule has 3 heteroatoms. The van der Waals surface area contributed by atoms with Crippen LogP contribution in [-0.4, -0.2) is 12.1 Å². The van der Waals surface area contributed by atoms with Crippen molar-refractivity contribution >= 4 is 0 Å². The van der Waals surface area contributed by atoms with Crippen molar-refractivity contribution in [3.63, 3.8) is 0 Å². The molecule has 0 radical (unpaired) electrons. The van der Waals surface area contributed by atoms with Crippen LogP contribution in [0.25, 0.3) is 0 Å². The van der Waals surface area contributed by atoms with E-state index in [9.17, 15) is 0 Å². The fourth-order valence-corrected chi connectivity index (χ4v) is 0.573. The summed E-state index contributed by atoms with van der Waals surface area (Å²) < 4.78 is 0. The van der Waals surface area contributed by atoms with Crippen molar-refractivity contribution in [2.45, 2.75) is 19.4 Å². The van der Waals surface area contributed by atoms with Gasteiger partial charge in [-0.3, -0.25) is 0 Å². The van der Waals surface area contributed by atoms with Gasteiger partial charge < -0.3 is 16.8 Å². The molecule has 3 nitrogen and oxygen atoms in total. The van der Waals surface area contributed by atoms with Gasteiger partial charge in [-0.25, -0.2) is 0 Å². The molecule has 0 aliphatic rings. The van der Waals surface area contributed by atoms with E-state index in [0.29, 0.717) is 12.2 Å². The molecule has 64 valence electrons. The van der Waals surface area contributed by atoms with Crippen LogP contribution >= 0.6 is 0 Å². The van der Waals surface area contributed by atoms with E-state index in [1.54, 1.807) is 0 Å². The molecule has 0 saturated heterocycles. The molecule has 0 saturated carbocycles. The van der Waals surface area contributed by atoms with E-state index in [4.69, 9.17) is 11.5 Å². The molecule has 0 heterocycles. The maximum Gasteiger partial charge on any atom is 0.0703 e. The van der Waals surface area contributed by atoms with Gasteiger partial charge in [0.2, 0.25) is 0 Å². The monoisotopic (exact) mass is 155 g/mol. The molecular formula is C8H17N3. The number of nitrogens with one attached hydrogen (secondary N) is 1. The molecule has 0 amide bonds. The highest BCUT2D eigenvalue weighted by atomic mass is 15.0. The van der Waals surface area contributed by atoms with E-state index in [1.165, 1.54) is 0 Å². The van der Waals surface area contributed by atoms with Gasteiger partial charge in [-0.1, -0.05) is 13.2 Å². The zero-order valence-electron chi connectivity index (χ0n) is 7.28. The smallest absolute Gasteiger partial charge is 0.0703 e. The van der Waals surface area contributed by atoms with Crippen molar-refractivity contribution in [1.29, 1.82) is 0 Å². The molecule has 0 unspecified atom stereocenters. The van der Waals surface area contributed by atoms with Gasteiger partial charge in [0.15, 0.2) is 0 Å². The Hall–Kier alpha value is -0.960. The van der Waals surface area contributed by atoms with Crippen molar-refractivity contribution in [2.75, 3.05) is 6.54 Å².